The summed E-state index contributed by atoms with van der Waals surface area (Å²) in [7, 11) is 1.68. The lowest BCUT2D eigenvalue weighted by molar-refractivity contribution is 0.102. The van der Waals surface area contributed by atoms with E-state index in [9.17, 15) is 5.11 Å². The van der Waals surface area contributed by atoms with Crippen LogP contribution in [0.1, 0.15) is 11.1 Å². The van der Waals surface area contributed by atoms with Gasteiger partial charge in [-0.05, 0) is 17.5 Å². The minimum Gasteiger partial charge on any atom is -0.390 e. The smallest absolute Gasteiger partial charge is 0.0791 e. The fourth-order valence-electron chi connectivity index (χ4n) is 2.52. The van der Waals surface area contributed by atoms with Gasteiger partial charge in [-0.15, -0.1) is 0 Å². The topological polar surface area (TPSA) is 44.7 Å². The zero-order chi connectivity index (χ0) is 13.5. The molecule has 0 fully saturated rings. The second-order valence-corrected chi connectivity index (χ2v) is 5.10. The molecule has 1 atom stereocenters. The Hall–Kier alpha value is -0.940. The van der Waals surface area contributed by atoms with Gasteiger partial charge >= 0.3 is 0 Å². The standard InChI is InChI=1S/C15H24N2O2/c1-19-9-7-16-10-15(18)12-17-8-6-13-4-2-3-5-14(13)11-17/h2-5,15-16,18H,6-12H2,1H3. The lowest BCUT2D eigenvalue weighted by Gasteiger charge is -2.30. The number of aliphatic hydroxyl groups is 1. The number of ether oxygens (including phenoxy) is 1. The number of nitrogens with one attached hydrogen (secondary N) is 1. The predicted octanol–water partition coefficient (Wildman–Crippen LogP) is 0.642. The van der Waals surface area contributed by atoms with Gasteiger partial charge in [0.2, 0.25) is 0 Å². The highest BCUT2D eigenvalue weighted by Crippen LogP contribution is 2.18. The zero-order valence-corrected chi connectivity index (χ0v) is 11.6. The maximum absolute atomic E-state index is 10.0. The molecule has 1 aliphatic rings. The second-order valence-electron chi connectivity index (χ2n) is 5.10. The fraction of sp³-hybridized carbons (Fsp3) is 0.600. The van der Waals surface area contributed by atoms with Gasteiger partial charge in [0.25, 0.3) is 0 Å². The van der Waals surface area contributed by atoms with Crippen LogP contribution in [-0.4, -0.2) is 56.0 Å². The second kappa shape index (κ2) is 7.60. The third kappa shape index (κ3) is 4.58. The van der Waals surface area contributed by atoms with Crippen molar-refractivity contribution in [1.29, 1.82) is 0 Å². The molecule has 0 spiro atoms. The van der Waals surface area contributed by atoms with E-state index in [0.717, 1.165) is 32.6 Å². The summed E-state index contributed by atoms with van der Waals surface area (Å²) in [5, 5.41) is 13.2. The normalized spacial score (nSPS) is 17.2. The Bertz CT molecular complexity index is 384. The van der Waals surface area contributed by atoms with Crippen LogP contribution in [0.25, 0.3) is 0 Å². The van der Waals surface area contributed by atoms with E-state index < -0.39 is 0 Å². The quantitative estimate of drug-likeness (QED) is 0.710. The van der Waals surface area contributed by atoms with Crippen molar-refractivity contribution in [3.63, 3.8) is 0 Å². The average Bonchev–Trinajstić information content (AvgIpc) is 2.43. The minimum absolute atomic E-state index is 0.317. The van der Waals surface area contributed by atoms with Gasteiger partial charge in [-0.2, -0.15) is 0 Å². The summed E-state index contributed by atoms with van der Waals surface area (Å²) in [6.45, 7) is 4.81. The highest BCUT2D eigenvalue weighted by atomic mass is 16.5. The van der Waals surface area contributed by atoms with Crippen molar-refractivity contribution in [2.24, 2.45) is 0 Å². The van der Waals surface area contributed by atoms with E-state index in [1.165, 1.54) is 11.1 Å². The Kier molecular flexibility index (Phi) is 5.79. The SMILES string of the molecule is COCCNCC(O)CN1CCc2ccccc2C1. The molecule has 0 saturated heterocycles. The number of hydrogen-bond donors (Lipinski definition) is 2. The van der Waals surface area contributed by atoms with Gasteiger partial charge in [0.15, 0.2) is 0 Å². The monoisotopic (exact) mass is 264 g/mol. The van der Waals surface area contributed by atoms with Crippen molar-refractivity contribution < 1.29 is 9.84 Å². The summed E-state index contributed by atoms with van der Waals surface area (Å²) in [6, 6.07) is 8.58. The van der Waals surface area contributed by atoms with Crippen LogP contribution >= 0.6 is 0 Å². The van der Waals surface area contributed by atoms with Gasteiger partial charge < -0.3 is 15.2 Å². The molecular formula is C15H24N2O2. The molecule has 0 aromatic heterocycles. The fourth-order valence-corrected chi connectivity index (χ4v) is 2.52. The van der Waals surface area contributed by atoms with Crippen molar-refractivity contribution in [1.82, 2.24) is 10.2 Å². The molecule has 19 heavy (non-hydrogen) atoms. The third-order valence-electron chi connectivity index (χ3n) is 3.54. The average molecular weight is 264 g/mol. The van der Waals surface area contributed by atoms with Crippen LogP contribution in [0.4, 0.5) is 0 Å². The molecule has 2 N–H and O–H groups in total. The van der Waals surface area contributed by atoms with Gasteiger partial charge in [-0.3, -0.25) is 4.90 Å². The van der Waals surface area contributed by atoms with Gasteiger partial charge in [0, 0.05) is 39.8 Å². The molecule has 4 nitrogen and oxygen atoms in total. The number of fused-ring (bicyclic) bond motifs is 1. The van der Waals surface area contributed by atoms with Crippen molar-refractivity contribution in [3.8, 4) is 0 Å². The van der Waals surface area contributed by atoms with Crippen LogP contribution < -0.4 is 5.32 Å². The lowest BCUT2D eigenvalue weighted by atomic mass is 10.00. The van der Waals surface area contributed by atoms with Gasteiger partial charge in [-0.1, -0.05) is 24.3 Å². The van der Waals surface area contributed by atoms with Crippen molar-refractivity contribution >= 4 is 0 Å². The van der Waals surface area contributed by atoms with Crippen LogP contribution in [0.15, 0.2) is 24.3 Å². The van der Waals surface area contributed by atoms with Crippen molar-refractivity contribution in [3.05, 3.63) is 35.4 Å². The summed E-state index contributed by atoms with van der Waals surface area (Å²) in [5.41, 5.74) is 2.85. The van der Waals surface area contributed by atoms with E-state index in [0.29, 0.717) is 13.2 Å². The molecule has 0 amide bonds. The van der Waals surface area contributed by atoms with Crippen molar-refractivity contribution in [2.75, 3.05) is 39.9 Å². The van der Waals surface area contributed by atoms with Crippen LogP contribution in [0.5, 0.6) is 0 Å². The Balaban J connectivity index is 1.72. The molecule has 1 aliphatic heterocycles. The number of benzene rings is 1. The maximum atomic E-state index is 10.0. The summed E-state index contributed by atoms with van der Waals surface area (Å²) < 4.78 is 4.96. The highest BCUT2D eigenvalue weighted by Gasteiger charge is 2.17. The number of hydrogen-bond acceptors (Lipinski definition) is 4. The molecule has 0 saturated carbocycles. The number of rotatable bonds is 7. The Morgan fingerprint density at radius 1 is 1.37 bits per heavy atom. The van der Waals surface area contributed by atoms with E-state index in [-0.39, 0.29) is 6.10 Å². The van der Waals surface area contributed by atoms with Crippen LogP contribution in [0.2, 0.25) is 0 Å². The Morgan fingerprint density at radius 3 is 2.95 bits per heavy atom. The first kappa shape index (κ1) is 14.5. The van der Waals surface area contributed by atoms with Crippen LogP contribution in [0, 0.1) is 0 Å². The van der Waals surface area contributed by atoms with Crippen LogP contribution in [-0.2, 0) is 17.7 Å². The van der Waals surface area contributed by atoms with E-state index in [1.807, 2.05) is 0 Å². The van der Waals surface area contributed by atoms with E-state index in [4.69, 9.17) is 4.74 Å². The molecular weight excluding hydrogens is 240 g/mol. The van der Waals surface area contributed by atoms with Gasteiger partial charge in [-0.25, -0.2) is 0 Å². The zero-order valence-electron chi connectivity index (χ0n) is 11.6. The largest absolute Gasteiger partial charge is 0.390 e. The molecule has 0 radical (unpaired) electrons. The number of aliphatic hydroxyl groups excluding tert-OH is 1. The summed E-state index contributed by atoms with van der Waals surface area (Å²) >= 11 is 0. The number of methoxy groups -OCH3 is 1. The Labute approximate surface area is 115 Å². The maximum Gasteiger partial charge on any atom is 0.0791 e. The molecule has 1 heterocycles. The summed E-state index contributed by atoms with van der Waals surface area (Å²) in [6.07, 6.45) is 0.766. The molecule has 1 unspecified atom stereocenters. The summed E-state index contributed by atoms with van der Waals surface area (Å²) in [5.74, 6) is 0. The first-order valence-corrected chi connectivity index (χ1v) is 6.96. The molecule has 0 bridgehead atoms. The molecule has 1 aromatic rings. The minimum atomic E-state index is -0.317. The number of nitrogens with zero attached hydrogens (tertiary/aromatic N) is 1. The van der Waals surface area contributed by atoms with E-state index in [1.54, 1.807) is 7.11 Å². The van der Waals surface area contributed by atoms with Gasteiger partial charge in [0.1, 0.15) is 0 Å². The number of β-amino-alcohol motifs (C(OH)–C–C–N with tert-alkyl or cyclic N) is 1. The predicted molar refractivity (Wildman–Crippen MR) is 76.2 cm³/mol. The first-order valence-electron chi connectivity index (χ1n) is 6.96. The molecule has 106 valence electrons. The molecule has 2 rings (SSSR count). The van der Waals surface area contributed by atoms with Crippen molar-refractivity contribution in [2.45, 2.75) is 19.1 Å². The molecule has 4 heteroatoms. The van der Waals surface area contributed by atoms with Crippen LogP contribution in [0.3, 0.4) is 0 Å². The molecule has 0 aliphatic carbocycles. The Morgan fingerprint density at radius 2 is 2.16 bits per heavy atom. The van der Waals surface area contributed by atoms with E-state index in [2.05, 4.69) is 34.5 Å². The first-order chi connectivity index (χ1) is 9.29. The molecule has 1 aromatic carbocycles. The highest BCUT2D eigenvalue weighted by molar-refractivity contribution is 5.29. The summed E-state index contributed by atoms with van der Waals surface area (Å²) in [4.78, 5) is 2.32. The lowest BCUT2D eigenvalue weighted by Crippen LogP contribution is -2.41. The third-order valence-corrected chi connectivity index (χ3v) is 3.54. The van der Waals surface area contributed by atoms with E-state index >= 15 is 0 Å². The van der Waals surface area contributed by atoms with Gasteiger partial charge in [0.05, 0.1) is 12.7 Å².